The summed E-state index contributed by atoms with van der Waals surface area (Å²) in [4.78, 5) is 11.1. The van der Waals surface area contributed by atoms with Crippen LogP contribution in [-0.2, 0) is 21.2 Å². The summed E-state index contributed by atoms with van der Waals surface area (Å²) in [5.74, 6) is -1.19. The Bertz CT molecular complexity index is 838. The first-order valence-corrected chi connectivity index (χ1v) is 9.56. The van der Waals surface area contributed by atoms with E-state index >= 15 is 0 Å². The van der Waals surface area contributed by atoms with Gasteiger partial charge in [0.15, 0.2) is 0 Å². The molecule has 2 rings (SSSR count). The number of anilines is 1. The van der Waals surface area contributed by atoms with Crippen molar-refractivity contribution in [3.05, 3.63) is 59.7 Å². The van der Waals surface area contributed by atoms with Crippen molar-refractivity contribution in [2.24, 2.45) is 0 Å². The van der Waals surface area contributed by atoms with Crippen molar-refractivity contribution in [2.75, 3.05) is 32.1 Å². The smallest absolute Gasteiger partial charge is 0.335 e. The van der Waals surface area contributed by atoms with Gasteiger partial charge in [0.2, 0.25) is 10.0 Å². The average molecular weight is 378 g/mol. The van der Waals surface area contributed by atoms with Gasteiger partial charge in [0, 0.05) is 20.2 Å². The Labute approximate surface area is 153 Å². The first-order chi connectivity index (χ1) is 12.4. The third-order valence-corrected chi connectivity index (χ3v) is 5.19. The SMILES string of the molecule is COCCNS(=O)(=O)c1cc(C(=O)O)ccc1NCCc1ccccc1. The Kier molecular flexibility index (Phi) is 7.14. The number of hydrogen-bond acceptors (Lipinski definition) is 5. The fraction of sp³-hybridized carbons (Fsp3) is 0.278. The van der Waals surface area contributed by atoms with E-state index in [1.165, 1.54) is 19.2 Å². The van der Waals surface area contributed by atoms with E-state index in [0.29, 0.717) is 18.7 Å². The number of carbonyl (C=O) groups is 1. The normalized spacial score (nSPS) is 11.3. The summed E-state index contributed by atoms with van der Waals surface area (Å²) in [5, 5.41) is 12.2. The first kappa shape index (κ1) is 19.9. The molecule has 0 fully saturated rings. The number of methoxy groups -OCH3 is 1. The summed E-state index contributed by atoms with van der Waals surface area (Å²) >= 11 is 0. The minimum atomic E-state index is -3.87. The summed E-state index contributed by atoms with van der Waals surface area (Å²) < 4.78 is 32.3. The highest BCUT2D eigenvalue weighted by atomic mass is 32.2. The maximum atomic E-state index is 12.5. The molecule has 7 nitrogen and oxygen atoms in total. The van der Waals surface area contributed by atoms with Crippen molar-refractivity contribution in [1.82, 2.24) is 4.72 Å². The zero-order valence-corrected chi connectivity index (χ0v) is 15.3. The predicted octanol–water partition coefficient (Wildman–Crippen LogP) is 1.96. The molecule has 0 amide bonds. The predicted molar refractivity (Wildman–Crippen MR) is 99.1 cm³/mol. The summed E-state index contributed by atoms with van der Waals surface area (Å²) in [5.41, 5.74) is 1.38. The molecule has 3 N–H and O–H groups in total. The second-order valence-electron chi connectivity index (χ2n) is 5.57. The quantitative estimate of drug-likeness (QED) is 0.546. The van der Waals surface area contributed by atoms with Gasteiger partial charge in [-0.1, -0.05) is 30.3 Å². The molecule has 0 heterocycles. The molecule has 0 aliphatic heterocycles. The lowest BCUT2D eigenvalue weighted by molar-refractivity contribution is 0.0696. The van der Waals surface area contributed by atoms with Gasteiger partial charge in [-0.3, -0.25) is 0 Å². The number of aromatic carboxylic acids is 1. The highest BCUT2D eigenvalue weighted by molar-refractivity contribution is 7.89. The monoisotopic (exact) mass is 378 g/mol. The molecule has 140 valence electrons. The van der Waals surface area contributed by atoms with E-state index in [2.05, 4.69) is 10.0 Å². The lowest BCUT2D eigenvalue weighted by atomic mass is 10.1. The zero-order chi connectivity index (χ0) is 19.0. The molecule has 0 aromatic heterocycles. The van der Waals surface area contributed by atoms with Gasteiger partial charge in [-0.2, -0.15) is 0 Å². The number of nitrogens with one attached hydrogen (secondary N) is 2. The van der Waals surface area contributed by atoms with Crippen LogP contribution in [-0.4, -0.2) is 46.3 Å². The van der Waals surface area contributed by atoms with Gasteiger partial charge in [0.1, 0.15) is 4.90 Å². The maximum Gasteiger partial charge on any atom is 0.335 e. The van der Waals surface area contributed by atoms with Crippen LogP contribution in [0.2, 0.25) is 0 Å². The third-order valence-electron chi connectivity index (χ3n) is 3.69. The van der Waals surface area contributed by atoms with Gasteiger partial charge in [-0.05, 0) is 30.2 Å². The molecule has 0 saturated carbocycles. The Morgan fingerprint density at radius 3 is 2.50 bits per heavy atom. The molecule has 0 aliphatic rings. The van der Waals surface area contributed by atoms with Gasteiger partial charge < -0.3 is 15.2 Å². The van der Waals surface area contributed by atoms with Crippen LogP contribution in [0.15, 0.2) is 53.4 Å². The molecule has 0 aliphatic carbocycles. The van der Waals surface area contributed by atoms with Crippen LogP contribution in [0.5, 0.6) is 0 Å². The van der Waals surface area contributed by atoms with Crippen LogP contribution in [0.25, 0.3) is 0 Å². The molecule has 8 heteroatoms. The van der Waals surface area contributed by atoms with E-state index in [1.807, 2.05) is 30.3 Å². The fourth-order valence-electron chi connectivity index (χ4n) is 2.37. The molecular weight excluding hydrogens is 356 g/mol. The molecule has 0 radical (unpaired) electrons. The summed E-state index contributed by atoms with van der Waals surface area (Å²) in [6, 6.07) is 13.8. The second-order valence-corrected chi connectivity index (χ2v) is 7.30. The standard InChI is InChI=1S/C18H22N2O5S/c1-25-12-11-20-26(23,24)17-13-15(18(21)22)7-8-16(17)19-10-9-14-5-3-2-4-6-14/h2-8,13,19-20H,9-12H2,1H3,(H,21,22). The topological polar surface area (TPSA) is 105 Å². The van der Waals surface area contributed by atoms with Crippen LogP contribution < -0.4 is 10.0 Å². The maximum absolute atomic E-state index is 12.5. The van der Waals surface area contributed by atoms with Crippen molar-refractivity contribution in [3.8, 4) is 0 Å². The number of carboxylic acid groups (broad SMARTS) is 1. The molecule has 2 aromatic rings. The van der Waals surface area contributed by atoms with Crippen molar-refractivity contribution in [2.45, 2.75) is 11.3 Å². The summed E-state index contributed by atoms with van der Waals surface area (Å²) in [7, 11) is -2.40. The van der Waals surface area contributed by atoms with Crippen LogP contribution in [0.3, 0.4) is 0 Å². The van der Waals surface area contributed by atoms with Gasteiger partial charge >= 0.3 is 5.97 Å². The van der Waals surface area contributed by atoms with E-state index in [-0.39, 0.29) is 23.6 Å². The number of hydrogen-bond donors (Lipinski definition) is 3. The van der Waals surface area contributed by atoms with Crippen LogP contribution in [0, 0.1) is 0 Å². The van der Waals surface area contributed by atoms with E-state index in [0.717, 1.165) is 11.6 Å². The summed E-state index contributed by atoms with van der Waals surface area (Å²) in [6.45, 7) is 0.825. The lowest BCUT2D eigenvalue weighted by Crippen LogP contribution is -2.28. The zero-order valence-electron chi connectivity index (χ0n) is 14.4. The highest BCUT2D eigenvalue weighted by Crippen LogP contribution is 2.23. The average Bonchev–Trinajstić information content (AvgIpc) is 2.62. The lowest BCUT2D eigenvalue weighted by Gasteiger charge is -2.14. The van der Waals surface area contributed by atoms with Crippen LogP contribution >= 0.6 is 0 Å². The minimum absolute atomic E-state index is 0.0919. The fourth-order valence-corrected chi connectivity index (χ4v) is 3.59. The van der Waals surface area contributed by atoms with Crippen LogP contribution in [0.1, 0.15) is 15.9 Å². The molecule has 0 unspecified atom stereocenters. The van der Waals surface area contributed by atoms with E-state index in [1.54, 1.807) is 0 Å². The van der Waals surface area contributed by atoms with Gasteiger partial charge in [0.25, 0.3) is 0 Å². The highest BCUT2D eigenvalue weighted by Gasteiger charge is 2.20. The molecular formula is C18H22N2O5S. The van der Waals surface area contributed by atoms with Gasteiger partial charge in [-0.15, -0.1) is 0 Å². The van der Waals surface area contributed by atoms with Crippen molar-refractivity contribution < 1.29 is 23.1 Å². The van der Waals surface area contributed by atoms with Crippen molar-refractivity contribution in [1.29, 1.82) is 0 Å². The number of sulfonamides is 1. The Morgan fingerprint density at radius 1 is 1.12 bits per heavy atom. The van der Waals surface area contributed by atoms with Crippen molar-refractivity contribution >= 4 is 21.7 Å². The van der Waals surface area contributed by atoms with Crippen molar-refractivity contribution in [3.63, 3.8) is 0 Å². The Morgan fingerprint density at radius 2 is 1.85 bits per heavy atom. The third kappa shape index (κ3) is 5.55. The molecule has 2 aromatic carbocycles. The molecule has 0 saturated heterocycles. The summed E-state index contributed by atoms with van der Waals surface area (Å²) in [6.07, 6.45) is 0.706. The number of carboxylic acids is 1. The van der Waals surface area contributed by atoms with Gasteiger partial charge in [0.05, 0.1) is 17.9 Å². The molecule has 26 heavy (non-hydrogen) atoms. The molecule has 0 bridgehead atoms. The van der Waals surface area contributed by atoms with E-state index in [9.17, 15) is 13.2 Å². The Hall–Kier alpha value is -2.42. The van der Waals surface area contributed by atoms with E-state index < -0.39 is 16.0 Å². The van der Waals surface area contributed by atoms with Crippen LogP contribution in [0.4, 0.5) is 5.69 Å². The van der Waals surface area contributed by atoms with Gasteiger partial charge in [-0.25, -0.2) is 17.9 Å². The second kappa shape index (κ2) is 9.33. The Balaban J connectivity index is 2.20. The molecule has 0 atom stereocenters. The first-order valence-electron chi connectivity index (χ1n) is 8.08. The largest absolute Gasteiger partial charge is 0.478 e. The molecule has 0 spiro atoms. The number of benzene rings is 2. The number of ether oxygens (including phenoxy) is 1. The number of rotatable bonds is 10. The minimum Gasteiger partial charge on any atom is -0.478 e. The van der Waals surface area contributed by atoms with E-state index in [4.69, 9.17) is 9.84 Å².